The number of aliphatic hydroxyl groups excluding tert-OH is 1. The molecule has 7 heteroatoms. The Morgan fingerprint density at radius 3 is 2.48 bits per heavy atom. The summed E-state index contributed by atoms with van der Waals surface area (Å²) in [5.74, 6) is -0.214. The van der Waals surface area contributed by atoms with Crippen molar-refractivity contribution in [1.29, 1.82) is 0 Å². The fraction of sp³-hybridized carbons (Fsp3) is 0.385. The van der Waals surface area contributed by atoms with Gasteiger partial charge in [0.15, 0.2) is 0 Å². The molecule has 1 aliphatic heterocycles. The fourth-order valence-electron chi connectivity index (χ4n) is 3.82. The van der Waals surface area contributed by atoms with E-state index in [1.54, 1.807) is 18.2 Å². The molecule has 6 nitrogen and oxygen atoms in total. The molecule has 1 saturated heterocycles. The highest BCUT2D eigenvalue weighted by Crippen LogP contribution is 2.41. The Morgan fingerprint density at radius 2 is 1.82 bits per heavy atom. The summed E-state index contributed by atoms with van der Waals surface area (Å²) in [5.41, 5.74) is 0.932. The Bertz CT molecular complexity index is 1060. The van der Waals surface area contributed by atoms with E-state index in [1.165, 1.54) is 4.90 Å². The van der Waals surface area contributed by atoms with E-state index in [2.05, 4.69) is 13.8 Å². The van der Waals surface area contributed by atoms with Crippen LogP contribution >= 0.6 is 11.6 Å². The minimum Gasteiger partial charge on any atom is -0.507 e. The highest BCUT2D eigenvalue weighted by Gasteiger charge is 2.46. The molecule has 0 spiro atoms. The van der Waals surface area contributed by atoms with Crippen LogP contribution in [0.15, 0.2) is 48.0 Å². The second-order valence-corrected chi connectivity index (χ2v) is 8.75. The van der Waals surface area contributed by atoms with E-state index < -0.39 is 17.7 Å². The molecule has 1 amide bonds. The summed E-state index contributed by atoms with van der Waals surface area (Å²) in [4.78, 5) is 27.5. The molecule has 176 valence electrons. The normalized spacial score (nSPS) is 17.6. The van der Waals surface area contributed by atoms with Gasteiger partial charge in [0.1, 0.15) is 17.3 Å². The average Bonchev–Trinajstić information content (AvgIpc) is 3.04. The van der Waals surface area contributed by atoms with Crippen molar-refractivity contribution in [2.24, 2.45) is 5.92 Å². The lowest BCUT2D eigenvalue weighted by atomic mass is 9.95. The van der Waals surface area contributed by atoms with Crippen LogP contribution in [0.5, 0.6) is 11.5 Å². The highest BCUT2D eigenvalue weighted by atomic mass is 35.5. The highest BCUT2D eigenvalue weighted by molar-refractivity contribution is 6.47. The standard InChI is InChI=1S/C26H30ClNO5/c1-5-12-28-23(17-8-7-9-18(13-17)33-15-16(3)4)22(25(30)26(28)31)24(29)20-14-19(32-6-2)10-11-21(20)27/h7-11,13-14,16,23,29H,5-6,12,15H2,1-4H3/b24-22+. The summed E-state index contributed by atoms with van der Waals surface area (Å²) in [5, 5.41) is 11.5. The van der Waals surface area contributed by atoms with E-state index in [0.29, 0.717) is 49.2 Å². The Kier molecular flexibility index (Phi) is 8.03. The van der Waals surface area contributed by atoms with Crippen molar-refractivity contribution in [3.05, 3.63) is 64.2 Å². The maximum Gasteiger partial charge on any atom is 0.295 e. The quantitative estimate of drug-likeness (QED) is 0.292. The molecule has 1 heterocycles. The van der Waals surface area contributed by atoms with E-state index in [9.17, 15) is 14.7 Å². The van der Waals surface area contributed by atoms with Crippen molar-refractivity contribution in [2.45, 2.75) is 40.2 Å². The first-order chi connectivity index (χ1) is 15.8. The number of hydrogen-bond donors (Lipinski definition) is 1. The number of amides is 1. The molecule has 0 radical (unpaired) electrons. The monoisotopic (exact) mass is 471 g/mol. The first kappa shape index (κ1) is 24.6. The Balaban J connectivity index is 2.15. The van der Waals surface area contributed by atoms with Gasteiger partial charge in [-0.2, -0.15) is 0 Å². The largest absolute Gasteiger partial charge is 0.507 e. The summed E-state index contributed by atoms with van der Waals surface area (Å²) in [6.07, 6.45) is 0.660. The van der Waals surface area contributed by atoms with Crippen molar-refractivity contribution >= 4 is 29.1 Å². The number of nitrogens with zero attached hydrogens (tertiary/aromatic N) is 1. The van der Waals surface area contributed by atoms with Gasteiger partial charge >= 0.3 is 0 Å². The molecule has 1 atom stereocenters. The van der Waals surface area contributed by atoms with Crippen LogP contribution in [0.1, 0.15) is 51.3 Å². The number of halogens is 1. The third-order valence-electron chi connectivity index (χ3n) is 5.27. The van der Waals surface area contributed by atoms with Crippen molar-refractivity contribution < 1.29 is 24.2 Å². The van der Waals surface area contributed by atoms with Gasteiger partial charge in [0, 0.05) is 12.1 Å². The minimum absolute atomic E-state index is 0.00464. The topological polar surface area (TPSA) is 76.1 Å². The number of likely N-dealkylation sites (tertiary alicyclic amines) is 1. The third-order valence-corrected chi connectivity index (χ3v) is 5.60. The van der Waals surface area contributed by atoms with Crippen molar-refractivity contribution in [3.63, 3.8) is 0 Å². The summed E-state index contributed by atoms with van der Waals surface area (Å²) in [6.45, 7) is 9.24. The second kappa shape index (κ2) is 10.8. The Labute approximate surface area is 199 Å². The Morgan fingerprint density at radius 1 is 1.09 bits per heavy atom. The lowest BCUT2D eigenvalue weighted by molar-refractivity contribution is -0.139. The number of carbonyl (C=O) groups is 2. The molecule has 1 aliphatic rings. The molecule has 2 aromatic rings. The first-order valence-electron chi connectivity index (χ1n) is 11.2. The number of hydrogen-bond acceptors (Lipinski definition) is 5. The molecule has 1 unspecified atom stereocenters. The number of aliphatic hydroxyl groups is 1. The zero-order chi connectivity index (χ0) is 24.1. The van der Waals surface area contributed by atoms with Gasteiger partial charge in [-0.05, 0) is 55.2 Å². The maximum atomic E-state index is 13.1. The van der Waals surface area contributed by atoms with Crippen LogP contribution in [0.4, 0.5) is 0 Å². The van der Waals surface area contributed by atoms with Crippen LogP contribution < -0.4 is 9.47 Å². The second-order valence-electron chi connectivity index (χ2n) is 8.34. The van der Waals surface area contributed by atoms with Crippen LogP contribution in [-0.2, 0) is 9.59 Å². The van der Waals surface area contributed by atoms with Gasteiger partial charge in [0.2, 0.25) is 0 Å². The van der Waals surface area contributed by atoms with Gasteiger partial charge < -0.3 is 19.5 Å². The van der Waals surface area contributed by atoms with E-state index in [4.69, 9.17) is 21.1 Å². The minimum atomic E-state index is -0.751. The van der Waals surface area contributed by atoms with E-state index >= 15 is 0 Å². The zero-order valence-electron chi connectivity index (χ0n) is 19.4. The van der Waals surface area contributed by atoms with Crippen LogP contribution in [0.2, 0.25) is 5.02 Å². The van der Waals surface area contributed by atoms with Gasteiger partial charge in [-0.15, -0.1) is 0 Å². The zero-order valence-corrected chi connectivity index (χ0v) is 20.2. The van der Waals surface area contributed by atoms with Gasteiger partial charge in [-0.3, -0.25) is 9.59 Å². The SMILES string of the molecule is CCCN1C(=O)C(=O)/C(=C(/O)c2cc(OCC)ccc2Cl)C1c1cccc(OCC(C)C)c1. The van der Waals surface area contributed by atoms with Gasteiger partial charge in [-0.25, -0.2) is 0 Å². The fourth-order valence-corrected chi connectivity index (χ4v) is 4.03. The van der Waals surface area contributed by atoms with Gasteiger partial charge in [-0.1, -0.05) is 44.5 Å². The van der Waals surface area contributed by atoms with Crippen LogP contribution in [0, 0.1) is 5.92 Å². The predicted octanol–water partition coefficient (Wildman–Crippen LogP) is 5.61. The third kappa shape index (κ3) is 5.33. The van der Waals surface area contributed by atoms with Crippen molar-refractivity contribution in [2.75, 3.05) is 19.8 Å². The molecule has 33 heavy (non-hydrogen) atoms. The first-order valence-corrected chi connectivity index (χ1v) is 11.6. The molecule has 0 bridgehead atoms. The number of benzene rings is 2. The number of Topliss-reactive ketones (excluding diaryl/α,β-unsaturated/α-hetero) is 1. The smallest absolute Gasteiger partial charge is 0.295 e. The molecule has 1 N–H and O–H groups in total. The molecular formula is C26H30ClNO5. The molecule has 0 saturated carbocycles. The summed E-state index contributed by atoms with van der Waals surface area (Å²) < 4.78 is 11.4. The molecule has 2 aromatic carbocycles. The number of carbonyl (C=O) groups excluding carboxylic acids is 2. The molecule has 3 rings (SSSR count). The van der Waals surface area contributed by atoms with Crippen molar-refractivity contribution in [3.8, 4) is 11.5 Å². The Hall–Kier alpha value is -2.99. The van der Waals surface area contributed by atoms with E-state index in [1.807, 2.05) is 38.1 Å². The van der Waals surface area contributed by atoms with Crippen LogP contribution in [-0.4, -0.2) is 41.5 Å². The van der Waals surface area contributed by atoms with E-state index in [0.717, 1.165) is 0 Å². The summed E-state index contributed by atoms with van der Waals surface area (Å²) >= 11 is 6.36. The van der Waals surface area contributed by atoms with Gasteiger partial charge in [0.25, 0.3) is 11.7 Å². The molecular weight excluding hydrogens is 442 g/mol. The predicted molar refractivity (Wildman–Crippen MR) is 129 cm³/mol. The van der Waals surface area contributed by atoms with E-state index in [-0.39, 0.29) is 21.9 Å². The molecule has 1 fully saturated rings. The van der Waals surface area contributed by atoms with Gasteiger partial charge in [0.05, 0.1) is 29.9 Å². The van der Waals surface area contributed by atoms with Crippen LogP contribution in [0.25, 0.3) is 5.76 Å². The summed E-state index contributed by atoms with van der Waals surface area (Å²) in [7, 11) is 0. The average molecular weight is 472 g/mol. The van der Waals surface area contributed by atoms with Crippen molar-refractivity contribution in [1.82, 2.24) is 4.90 Å². The summed E-state index contributed by atoms with van der Waals surface area (Å²) in [6, 6.07) is 11.4. The molecule has 0 aromatic heterocycles. The number of ketones is 1. The lowest BCUT2D eigenvalue weighted by Gasteiger charge is -2.25. The number of rotatable bonds is 9. The molecule has 0 aliphatic carbocycles. The lowest BCUT2D eigenvalue weighted by Crippen LogP contribution is -2.30. The number of ether oxygens (including phenoxy) is 2. The maximum absolute atomic E-state index is 13.1. The van der Waals surface area contributed by atoms with Crippen LogP contribution in [0.3, 0.4) is 0 Å².